The third kappa shape index (κ3) is 3.69. The van der Waals surface area contributed by atoms with Crippen LogP contribution in [0.5, 0.6) is 0 Å². The first-order valence-electron chi connectivity index (χ1n) is 8.70. The van der Waals surface area contributed by atoms with Gasteiger partial charge in [-0.25, -0.2) is 0 Å². The van der Waals surface area contributed by atoms with Crippen molar-refractivity contribution in [1.82, 2.24) is 5.32 Å². The quantitative estimate of drug-likeness (QED) is 0.774. The lowest BCUT2D eigenvalue weighted by atomic mass is 9.76. The second-order valence-electron chi connectivity index (χ2n) is 7.30. The summed E-state index contributed by atoms with van der Waals surface area (Å²) >= 11 is 0. The molecule has 0 radical (unpaired) electrons. The molecule has 2 rings (SSSR count). The van der Waals surface area contributed by atoms with Crippen molar-refractivity contribution in [2.24, 2.45) is 5.41 Å². The zero-order chi connectivity index (χ0) is 15.5. The van der Waals surface area contributed by atoms with Crippen LogP contribution in [0.25, 0.3) is 0 Å². The number of aryl methyl sites for hydroxylation is 2. The van der Waals surface area contributed by atoms with E-state index < -0.39 is 0 Å². The van der Waals surface area contributed by atoms with Crippen LogP contribution in [0.15, 0.2) is 6.07 Å². The second-order valence-corrected chi connectivity index (χ2v) is 7.30. The van der Waals surface area contributed by atoms with Crippen molar-refractivity contribution >= 4 is 0 Å². The fraction of sp³-hybridized carbons (Fsp3) is 0.700. The lowest BCUT2D eigenvalue weighted by Crippen LogP contribution is -2.24. The van der Waals surface area contributed by atoms with E-state index >= 15 is 0 Å². The van der Waals surface area contributed by atoms with E-state index in [0.717, 1.165) is 0 Å². The standard InChI is InChI=1S/C20H33N/c1-15-14-16(2)18(4)19(17(15)3)8-11-20(12-13-21-5)9-6-7-10-20/h14,21H,6-13H2,1-5H3. The fourth-order valence-electron chi connectivity index (χ4n) is 4.20. The van der Waals surface area contributed by atoms with Crippen molar-refractivity contribution in [3.05, 3.63) is 33.9 Å². The third-order valence-corrected chi connectivity index (χ3v) is 6.00. The molecule has 0 atom stereocenters. The highest BCUT2D eigenvalue weighted by Gasteiger charge is 2.32. The van der Waals surface area contributed by atoms with Crippen LogP contribution in [0, 0.1) is 33.1 Å². The molecular weight excluding hydrogens is 254 g/mol. The highest BCUT2D eigenvalue weighted by Crippen LogP contribution is 2.45. The van der Waals surface area contributed by atoms with Crippen LogP contribution in [-0.2, 0) is 6.42 Å². The summed E-state index contributed by atoms with van der Waals surface area (Å²) in [6.45, 7) is 10.3. The predicted octanol–water partition coefficient (Wildman–Crippen LogP) is 5.02. The highest BCUT2D eigenvalue weighted by atomic mass is 14.8. The first-order chi connectivity index (χ1) is 9.99. The Labute approximate surface area is 131 Å². The molecule has 0 saturated heterocycles. The zero-order valence-electron chi connectivity index (χ0n) is 14.7. The van der Waals surface area contributed by atoms with Crippen LogP contribution < -0.4 is 5.32 Å². The van der Waals surface area contributed by atoms with Gasteiger partial charge in [0.05, 0.1) is 0 Å². The molecule has 1 nitrogen and oxygen atoms in total. The maximum atomic E-state index is 3.36. The van der Waals surface area contributed by atoms with E-state index in [4.69, 9.17) is 0 Å². The Morgan fingerprint density at radius 3 is 2.05 bits per heavy atom. The molecule has 1 aliphatic carbocycles. The second kappa shape index (κ2) is 6.96. The fourth-order valence-corrected chi connectivity index (χ4v) is 4.20. The van der Waals surface area contributed by atoms with Gasteiger partial charge in [0.1, 0.15) is 0 Å². The van der Waals surface area contributed by atoms with Crippen LogP contribution >= 0.6 is 0 Å². The number of hydrogen-bond acceptors (Lipinski definition) is 1. The Kier molecular flexibility index (Phi) is 5.48. The van der Waals surface area contributed by atoms with E-state index in [1.807, 2.05) is 0 Å². The molecule has 0 amide bonds. The van der Waals surface area contributed by atoms with E-state index in [9.17, 15) is 0 Å². The molecule has 1 saturated carbocycles. The van der Waals surface area contributed by atoms with Crippen molar-refractivity contribution in [3.8, 4) is 0 Å². The summed E-state index contributed by atoms with van der Waals surface area (Å²) in [5.41, 5.74) is 8.22. The smallest absolute Gasteiger partial charge is 0.00466 e. The van der Waals surface area contributed by atoms with Crippen molar-refractivity contribution < 1.29 is 0 Å². The van der Waals surface area contributed by atoms with Gasteiger partial charge in [0.25, 0.3) is 0 Å². The molecule has 0 spiro atoms. The van der Waals surface area contributed by atoms with Crippen molar-refractivity contribution in [1.29, 1.82) is 0 Å². The van der Waals surface area contributed by atoms with Gasteiger partial charge in [-0.2, -0.15) is 0 Å². The number of benzene rings is 1. The van der Waals surface area contributed by atoms with E-state index in [2.05, 4.69) is 46.1 Å². The Morgan fingerprint density at radius 2 is 1.52 bits per heavy atom. The molecule has 1 heteroatoms. The summed E-state index contributed by atoms with van der Waals surface area (Å²) in [5.74, 6) is 0. The summed E-state index contributed by atoms with van der Waals surface area (Å²) < 4.78 is 0. The van der Waals surface area contributed by atoms with Gasteiger partial charge in [0, 0.05) is 0 Å². The Hall–Kier alpha value is -0.820. The summed E-state index contributed by atoms with van der Waals surface area (Å²) in [4.78, 5) is 0. The Balaban J connectivity index is 2.14. The van der Waals surface area contributed by atoms with E-state index in [1.54, 1.807) is 5.56 Å². The van der Waals surface area contributed by atoms with Crippen LogP contribution in [0.2, 0.25) is 0 Å². The summed E-state index contributed by atoms with van der Waals surface area (Å²) in [6.07, 6.45) is 9.76. The molecule has 0 aromatic heterocycles. The van der Waals surface area contributed by atoms with Gasteiger partial charge in [0.2, 0.25) is 0 Å². The summed E-state index contributed by atoms with van der Waals surface area (Å²) in [5, 5.41) is 3.36. The van der Waals surface area contributed by atoms with E-state index in [-0.39, 0.29) is 0 Å². The van der Waals surface area contributed by atoms with Crippen LogP contribution in [-0.4, -0.2) is 13.6 Å². The monoisotopic (exact) mass is 287 g/mol. The molecule has 0 heterocycles. The molecule has 118 valence electrons. The topological polar surface area (TPSA) is 12.0 Å². The average Bonchev–Trinajstić information content (AvgIpc) is 2.92. The largest absolute Gasteiger partial charge is 0.320 e. The normalized spacial score (nSPS) is 17.4. The van der Waals surface area contributed by atoms with Crippen molar-refractivity contribution in [2.45, 2.75) is 72.6 Å². The maximum Gasteiger partial charge on any atom is -0.00466 e. The predicted molar refractivity (Wildman–Crippen MR) is 93.2 cm³/mol. The van der Waals surface area contributed by atoms with E-state index in [1.165, 1.54) is 73.7 Å². The van der Waals surface area contributed by atoms with Gasteiger partial charge in [-0.15, -0.1) is 0 Å². The van der Waals surface area contributed by atoms with Gasteiger partial charge >= 0.3 is 0 Å². The number of hydrogen-bond donors (Lipinski definition) is 1. The van der Waals surface area contributed by atoms with Gasteiger partial charge in [0.15, 0.2) is 0 Å². The molecule has 1 N–H and O–H groups in total. The van der Waals surface area contributed by atoms with Crippen LogP contribution in [0.4, 0.5) is 0 Å². The van der Waals surface area contributed by atoms with Gasteiger partial charge in [-0.05, 0) is 107 Å². The minimum Gasteiger partial charge on any atom is -0.320 e. The molecule has 1 aromatic rings. The van der Waals surface area contributed by atoms with Gasteiger partial charge < -0.3 is 5.32 Å². The summed E-state index contributed by atoms with van der Waals surface area (Å²) in [7, 11) is 2.08. The van der Waals surface area contributed by atoms with E-state index in [0.29, 0.717) is 5.41 Å². The highest BCUT2D eigenvalue weighted by molar-refractivity contribution is 5.44. The lowest BCUT2D eigenvalue weighted by Gasteiger charge is -2.30. The molecule has 0 bridgehead atoms. The molecule has 0 unspecified atom stereocenters. The Morgan fingerprint density at radius 1 is 0.952 bits per heavy atom. The lowest BCUT2D eigenvalue weighted by molar-refractivity contribution is 0.247. The van der Waals surface area contributed by atoms with Crippen LogP contribution in [0.3, 0.4) is 0 Å². The first kappa shape index (κ1) is 16.5. The van der Waals surface area contributed by atoms with Crippen LogP contribution in [0.1, 0.15) is 66.3 Å². The number of rotatable bonds is 6. The summed E-state index contributed by atoms with van der Waals surface area (Å²) in [6, 6.07) is 2.35. The molecule has 1 aliphatic rings. The SMILES string of the molecule is CNCCC1(CCc2c(C)c(C)cc(C)c2C)CCCC1. The van der Waals surface area contributed by atoms with Crippen molar-refractivity contribution in [3.63, 3.8) is 0 Å². The number of nitrogens with one attached hydrogen (secondary N) is 1. The Bertz CT molecular complexity index is 455. The van der Waals surface area contributed by atoms with Gasteiger partial charge in [-0.3, -0.25) is 0 Å². The molecule has 1 fully saturated rings. The molecular formula is C20H33N. The molecule has 1 aromatic carbocycles. The average molecular weight is 287 g/mol. The zero-order valence-corrected chi connectivity index (χ0v) is 14.7. The molecule has 0 aliphatic heterocycles. The third-order valence-electron chi connectivity index (χ3n) is 6.00. The van der Waals surface area contributed by atoms with Gasteiger partial charge in [-0.1, -0.05) is 18.9 Å². The molecule has 21 heavy (non-hydrogen) atoms. The minimum absolute atomic E-state index is 0.611. The van der Waals surface area contributed by atoms with Crippen molar-refractivity contribution in [2.75, 3.05) is 13.6 Å². The first-order valence-corrected chi connectivity index (χ1v) is 8.70. The minimum atomic E-state index is 0.611. The maximum absolute atomic E-state index is 3.36.